The van der Waals surface area contributed by atoms with Gasteiger partial charge in [0.05, 0.1) is 6.54 Å². The Hall–Kier alpha value is -2.26. The molecule has 0 N–H and O–H groups in total. The topological polar surface area (TPSA) is 57.7 Å². The van der Waals surface area contributed by atoms with Crippen molar-refractivity contribution in [2.75, 3.05) is 13.6 Å². The number of rotatable bonds is 5. The first-order valence-electron chi connectivity index (χ1n) is 5.90. The van der Waals surface area contributed by atoms with Gasteiger partial charge < -0.3 is 4.90 Å². The molecule has 0 fully saturated rings. The highest BCUT2D eigenvalue weighted by atomic mass is 19.1. The molecule has 0 aliphatic heterocycles. The summed E-state index contributed by atoms with van der Waals surface area (Å²) in [5, 5.41) is 12.6. The zero-order chi connectivity index (χ0) is 13.7. The van der Waals surface area contributed by atoms with E-state index in [1.54, 1.807) is 23.1 Å². The highest BCUT2D eigenvalue weighted by Gasteiger charge is 2.03. The van der Waals surface area contributed by atoms with Crippen molar-refractivity contribution < 1.29 is 4.39 Å². The Morgan fingerprint density at radius 3 is 2.74 bits per heavy atom. The number of halogens is 1. The van der Waals surface area contributed by atoms with Crippen molar-refractivity contribution in [2.45, 2.75) is 13.1 Å². The fourth-order valence-corrected chi connectivity index (χ4v) is 1.71. The summed E-state index contributed by atoms with van der Waals surface area (Å²) in [5.74, 6) is -0.0424. The minimum atomic E-state index is -0.224. The normalized spacial score (nSPS) is 10.6. The summed E-state index contributed by atoms with van der Waals surface area (Å²) in [7, 11) is 1.98. The van der Waals surface area contributed by atoms with Crippen LogP contribution in [0.15, 0.2) is 30.6 Å². The molecule has 2 aromatic rings. The van der Waals surface area contributed by atoms with Crippen LogP contribution in [0.1, 0.15) is 11.4 Å². The SMILES string of the molecule is CN(CCn1cnc(C#N)n1)Cc1ccc(F)cc1. The van der Waals surface area contributed by atoms with Crippen molar-refractivity contribution in [3.05, 3.63) is 47.8 Å². The second-order valence-corrected chi connectivity index (χ2v) is 4.31. The summed E-state index contributed by atoms with van der Waals surface area (Å²) in [5.41, 5.74) is 1.06. The predicted molar refractivity (Wildman–Crippen MR) is 67.5 cm³/mol. The van der Waals surface area contributed by atoms with Crippen LogP contribution in [0.3, 0.4) is 0 Å². The summed E-state index contributed by atoms with van der Waals surface area (Å²) in [6.07, 6.45) is 1.55. The van der Waals surface area contributed by atoms with Crippen LogP contribution >= 0.6 is 0 Å². The van der Waals surface area contributed by atoms with E-state index in [0.29, 0.717) is 6.54 Å². The largest absolute Gasteiger partial charge is 0.300 e. The van der Waals surface area contributed by atoms with Crippen molar-refractivity contribution in [2.24, 2.45) is 0 Å². The number of nitriles is 1. The maximum absolute atomic E-state index is 12.8. The van der Waals surface area contributed by atoms with Gasteiger partial charge in [0.15, 0.2) is 0 Å². The number of benzene rings is 1. The second kappa shape index (κ2) is 6.07. The second-order valence-electron chi connectivity index (χ2n) is 4.31. The van der Waals surface area contributed by atoms with Gasteiger partial charge in [0.1, 0.15) is 18.2 Å². The summed E-state index contributed by atoms with van der Waals surface area (Å²) < 4.78 is 14.4. The van der Waals surface area contributed by atoms with E-state index in [4.69, 9.17) is 5.26 Å². The highest BCUT2D eigenvalue weighted by Crippen LogP contribution is 2.05. The Labute approximate surface area is 110 Å². The molecule has 98 valence electrons. The number of nitrogens with zero attached hydrogens (tertiary/aromatic N) is 5. The van der Waals surface area contributed by atoms with Gasteiger partial charge >= 0.3 is 0 Å². The molecule has 0 bridgehead atoms. The predicted octanol–water partition coefficient (Wildman–Crippen LogP) is 1.42. The molecule has 0 aliphatic carbocycles. The van der Waals surface area contributed by atoms with Crippen LogP contribution in [0.2, 0.25) is 0 Å². The molecule has 1 heterocycles. The van der Waals surface area contributed by atoms with Gasteiger partial charge in [-0.3, -0.25) is 4.68 Å². The Balaban J connectivity index is 1.83. The third kappa shape index (κ3) is 3.86. The molecule has 1 aromatic heterocycles. The molecule has 19 heavy (non-hydrogen) atoms. The Kier molecular flexibility index (Phi) is 4.21. The van der Waals surface area contributed by atoms with E-state index in [2.05, 4.69) is 15.0 Å². The zero-order valence-electron chi connectivity index (χ0n) is 10.6. The van der Waals surface area contributed by atoms with Crippen molar-refractivity contribution in [1.29, 1.82) is 5.26 Å². The molecule has 6 heteroatoms. The van der Waals surface area contributed by atoms with Crippen molar-refractivity contribution in [3.63, 3.8) is 0 Å². The van der Waals surface area contributed by atoms with Gasteiger partial charge in [-0.2, -0.15) is 5.26 Å². The van der Waals surface area contributed by atoms with E-state index in [9.17, 15) is 4.39 Å². The third-order valence-electron chi connectivity index (χ3n) is 2.71. The minimum Gasteiger partial charge on any atom is -0.300 e. The van der Waals surface area contributed by atoms with Gasteiger partial charge in [-0.15, -0.1) is 5.10 Å². The van der Waals surface area contributed by atoms with E-state index in [1.165, 1.54) is 12.1 Å². The first kappa shape index (κ1) is 13.2. The summed E-state index contributed by atoms with van der Waals surface area (Å²) in [6, 6.07) is 8.35. The monoisotopic (exact) mass is 259 g/mol. The first-order valence-corrected chi connectivity index (χ1v) is 5.90. The van der Waals surface area contributed by atoms with Crippen molar-refractivity contribution >= 4 is 0 Å². The van der Waals surface area contributed by atoms with E-state index < -0.39 is 0 Å². The smallest absolute Gasteiger partial charge is 0.252 e. The van der Waals surface area contributed by atoms with Crippen LogP contribution in [0, 0.1) is 17.1 Å². The van der Waals surface area contributed by atoms with Crippen molar-refractivity contribution in [1.82, 2.24) is 19.7 Å². The lowest BCUT2D eigenvalue weighted by Gasteiger charge is -2.16. The molecule has 0 saturated heterocycles. The van der Waals surface area contributed by atoms with Gasteiger partial charge in [0, 0.05) is 13.1 Å². The standard InChI is InChI=1S/C13H14FN5/c1-18(9-11-2-4-12(14)5-3-11)6-7-19-10-16-13(8-15)17-19/h2-5,10H,6-7,9H2,1H3. The molecule has 1 aromatic carbocycles. The summed E-state index contributed by atoms with van der Waals surface area (Å²) >= 11 is 0. The first-order chi connectivity index (χ1) is 9.17. The lowest BCUT2D eigenvalue weighted by Crippen LogP contribution is -2.23. The molecule has 0 spiro atoms. The van der Waals surface area contributed by atoms with E-state index in [-0.39, 0.29) is 11.6 Å². The molecular formula is C13H14FN5. The van der Waals surface area contributed by atoms with Gasteiger partial charge in [0.25, 0.3) is 5.82 Å². The minimum absolute atomic E-state index is 0.182. The van der Waals surface area contributed by atoms with Crippen LogP contribution < -0.4 is 0 Å². The maximum Gasteiger partial charge on any atom is 0.252 e. The van der Waals surface area contributed by atoms with Gasteiger partial charge in [-0.25, -0.2) is 9.37 Å². The number of likely N-dealkylation sites (N-methyl/N-ethyl adjacent to an activating group) is 1. The van der Waals surface area contributed by atoms with Gasteiger partial charge in [-0.05, 0) is 24.7 Å². The quantitative estimate of drug-likeness (QED) is 0.815. The Morgan fingerprint density at radius 1 is 1.37 bits per heavy atom. The maximum atomic E-state index is 12.8. The number of aromatic nitrogens is 3. The summed E-state index contributed by atoms with van der Waals surface area (Å²) in [4.78, 5) is 5.94. The molecule has 0 aliphatic rings. The zero-order valence-corrected chi connectivity index (χ0v) is 10.6. The van der Waals surface area contributed by atoms with Gasteiger partial charge in [0.2, 0.25) is 0 Å². The van der Waals surface area contributed by atoms with Crippen LogP contribution in [0.25, 0.3) is 0 Å². The molecule has 0 radical (unpaired) electrons. The van der Waals surface area contributed by atoms with Gasteiger partial charge in [-0.1, -0.05) is 12.1 Å². The molecule has 5 nitrogen and oxygen atoms in total. The molecular weight excluding hydrogens is 245 g/mol. The van der Waals surface area contributed by atoms with Crippen LogP contribution in [0.4, 0.5) is 4.39 Å². The lowest BCUT2D eigenvalue weighted by molar-refractivity contribution is 0.305. The number of hydrogen-bond donors (Lipinski definition) is 0. The Bertz CT molecular complexity index is 569. The molecule has 0 amide bonds. The Morgan fingerprint density at radius 2 is 2.11 bits per heavy atom. The molecule has 0 unspecified atom stereocenters. The summed E-state index contributed by atoms with van der Waals surface area (Å²) in [6.45, 7) is 2.16. The fourth-order valence-electron chi connectivity index (χ4n) is 1.71. The molecule has 0 atom stereocenters. The van der Waals surface area contributed by atoms with E-state index >= 15 is 0 Å². The van der Waals surface area contributed by atoms with Crippen LogP contribution in [0.5, 0.6) is 0 Å². The van der Waals surface area contributed by atoms with Crippen LogP contribution in [-0.4, -0.2) is 33.3 Å². The highest BCUT2D eigenvalue weighted by molar-refractivity contribution is 5.15. The number of hydrogen-bond acceptors (Lipinski definition) is 4. The van der Waals surface area contributed by atoms with Crippen molar-refractivity contribution in [3.8, 4) is 6.07 Å². The molecule has 0 saturated carbocycles. The van der Waals surface area contributed by atoms with E-state index in [1.807, 2.05) is 13.1 Å². The fraction of sp³-hybridized carbons (Fsp3) is 0.308. The average molecular weight is 259 g/mol. The third-order valence-corrected chi connectivity index (χ3v) is 2.71. The van der Waals surface area contributed by atoms with E-state index in [0.717, 1.165) is 18.7 Å². The average Bonchev–Trinajstić information content (AvgIpc) is 2.87. The lowest BCUT2D eigenvalue weighted by atomic mass is 10.2. The van der Waals surface area contributed by atoms with Crippen LogP contribution in [-0.2, 0) is 13.1 Å². The molecule has 2 rings (SSSR count).